The second kappa shape index (κ2) is 7.63. The Morgan fingerprint density at radius 2 is 2.37 bits per heavy atom. The van der Waals surface area contributed by atoms with E-state index in [4.69, 9.17) is 5.11 Å². The normalized spacial score (nSPS) is 12.5. The first-order chi connectivity index (χ1) is 9.02. The molecule has 0 radical (unpaired) electrons. The topological polar surface area (TPSA) is 84.2 Å². The van der Waals surface area contributed by atoms with Crippen LogP contribution in [0.1, 0.15) is 12.0 Å². The van der Waals surface area contributed by atoms with Crippen molar-refractivity contribution in [1.29, 1.82) is 0 Å². The van der Waals surface area contributed by atoms with Gasteiger partial charge in [0.1, 0.15) is 6.04 Å². The lowest BCUT2D eigenvalue weighted by Crippen LogP contribution is -2.40. The van der Waals surface area contributed by atoms with Gasteiger partial charge in [0, 0.05) is 24.9 Å². The molecule has 0 fully saturated rings. The van der Waals surface area contributed by atoms with Crippen LogP contribution in [0.3, 0.4) is 0 Å². The maximum atomic E-state index is 11.6. The van der Waals surface area contributed by atoms with E-state index < -0.39 is 17.9 Å². The van der Waals surface area contributed by atoms with E-state index in [2.05, 4.69) is 10.4 Å². The van der Waals surface area contributed by atoms with Gasteiger partial charge in [-0.25, -0.2) is 4.79 Å². The number of aliphatic carboxylic acids is 1. The number of amides is 1. The van der Waals surface area contributed by atoms with Crippen molar-refractivity contribution >= 4 is 29.7 Å². The molecule has 0 aromatic carbocycles. The molecule has 6 nitrogen and oxygen atoms in total. The van der Waals surface area contributed by atoms with Gasteiger partial charge in [-0.05, 0) is 24.5 Å². The first kappa shape index (κ1) is 15.3. The molecule has 0 spiro atoms. The summed E-state index contributed by atoms with van der Waals surface area (Å²) in [6.45, 7) is 0. The minimum absolute atomic E-state index is 0.406. The summed E-state index contributed by atoms with van der Waals surface area (Å²) in [6, 6.07) is -0.849. The second-order valence-electron chi connectivity index (χ2n) is 3.96. The van der Waals surface area contributed by atoms with E-state index in [-0.39, 0.29) is 0 Å². The van der Waals surface area contributed by atoms with Gasteiger partial charge in [-0.15, -0.1) is 0 Å². The third kappa shape index (κ3) is 5.60. The molecule has 1 atom stereocenters. The molecule has 1 aromatic rings. The molecular formula is C12H17N3O3S. The fourth-order valence-electron chi connectivity index (χ4n) is 1.41. The van der Waals surface area contributed by atoms with Crippen molar-refractivity contribution in [3.63, 3.8) is 0 Å². The number of carboxylic acids is 1. The van der Waals surface area contributed by atoms with Crippen molar-refractivity contribution in [3.05, 3.63) is 24.0 Å². The number of aromatic nitrogens is 2. The summed E-state index contributed by atoms with van der Waals surface area (Å²) >= 11 is 1.54. The molecule has 104 valence electrons. The zero-order valence-electron chi connectivity index (χ0n) is 10.9. The molecule has 0 aliphatic carbocycles. The van der Waals surface area contributed by atoms with E-state index in [1.165, 1.54) is 6.08 Å². The second-order valence-corrected chi connectivity index (χ2v) is 4.95. The van der Waals surface area contributed by atoms with Crippen LogP contribution >= 0.6 is 11.8 Å². The smallest absolute Gasteiger partial charge is 0.326 e. The molecule has 19 heavy (non-hydrogen) atoms. The van der Waals surface area contributed by atoms with Crippen LogP contribution in [0.15, 0.2) is 18.5 Å². The highest BCUT2D eigenvalue weighted by Gasteiger charge is 2.17. The van der Waals surface area contributed by atoms with E-state index >= 15 is 0 Å². The monoisotopic (exact) mass is 283 g/mol. The first-order valence-corrected chi connectivity index (χ1v) is 7.11. The number of carbonyl (C=O) groups excluding carboxylic acids is 1. The fraction of sp³-hybridized carbons (Fsp3) is 0.417. The largest absolute Gasteiger partial charge is 0.480 e. The summed E-state index contributed by atoms with van der Waals surface area (Å²) in [6.07, 6.45) is 8.58. The summed E-state index contributed by atoms with van der Waals surface area (Å²) in [5.41, 5.74) is 0.786. The number of rotatable bonds is 7. The molecule has 0 bridgehead atoms. The average Bonchev–Trinajstić information content (AvgIpc) is 2.77. The Hall–Kier alpha value is -1.76. The molecule has 1 aromatic heterocycles. The van der Waals surface area contributed by atoms with Gasteiger partial charge in [-0.1, -0.05) is 0 Å². The Bertz CT molecular complexity index is 471. The Labute approximate surface area is 115 Å². The van der Waals surface area contributed by atoms with E-state index in [0.717, 1.165) is 5.56 Å². The number of nitrogens with zero attached hydrogens (tertiary/aromatic N) is 2. The van der Waals surface area contributed by atoms with Crippen molar-refractivity contribution in [2.75, 3.05) is 12.0 Å². The van der Waals surface area contributed by atoms with Gasteiger partial charge in [0.05, 0.1) is 6.20 Å². The van der Waals surface area contributed by atoms with Crippen LogP contribution in [0.4, 0.5) is 0 Å². The quantitative estimate of drug-likeness (QED) is 0.722. The highest BCUT2D eigenvalue weighted by molar-refractivity contribution is 7.98. The Morgan fingerprint density at radius 3 is 2.89 bits per heavy atom. The molecule has 0 aliphatic rings. The standard InChI is InChI=1S/C12H17N3O3S/c1-15-8-9(7-13-15)3-4-11(16)14-10(12(17)18)5-6-19-2/h3-4,7-8,10H,5-6H2,1-2H3,(H,14,16)(H,17,18)/b4-3+/t10-/m0/s1. The maximum absolute atomic E-state index is 11.6. The predicted octanol–water partition coefficient (Wildman–Crippen LogP) is 0.756. The highest BCUT2D eigenvalue weighted by Crippen LogP contribution is 2.02. The first-order valence-electron chi connectivity index (χ1n) is 5.72. The van der Waals surface area contributed by atoms with Crippen LogP contribution in [-0.4, -0.2) is 44.8 Å². The molecule has 0 aliphatic heterocycles. The lowest BCUT2D eigenvalue weighted by Gasteiger charge is -2.12. The number of aryl methyl sites for hydroxylation is 1. The van der Waals surface area contributed by atoms with E-state index in [0.29, 0.717) is 12.2 Å². The summed E-state index contributed by atoms with van der Waals surface area (Å²) in [7, 11) is 1.78. The fourth-order valence-corrected chi connectivity index (χ4v) is 1.88. The zero-order valence-corrected chi connectivity index (χ0v) is 11.7. The number of carbonyl (C=O) groups is 2. The molecule has 7 heteroatoms. The van der Waals surface area contributed by atoms with E-state index in [1.54, 1.807) is 42.0 Å². The van der Waals surface area contributed by atoms with Crippen LogP contribution < -0.4 is 5.32 Å². The van der Waals surface area contributed by atoms with Crippen molar-refractivity contribution in [2.24, 2.45) is 7.05 Å². The lowest BCUT2D eigenvalue weighted by molar-refractivity contribution is -0.141. The van der Waals surface area contributed by atoms with Gasteiger partial charge in [-0.2, -0.15) is 16.9 Å². The molecule has 1 heterocycles. The number of nitrogens with one attached hydrogen (secondary N) is 1. The molecule has 0 unspecified atom stereocenters. The van der Waals surface area contributed by atoms with Crippen molar-refractivity contribution in [2.45, 2.75) is 12.5 Å². The van der Waals surface area contributed by atoms with Crippen LogP contribution in [-0.2, 0) is 16.6 Å². The summed E-state index contributed by atoms with van der Waals surface area (Å²) in [5.74, 6) is -0.752. The summed E-state index contributed by atoms with van der Waals surface area (Å²) < 4.78 is 1.62. The average molecular weight is 283 g/mol. The van der Waals surface area contributed by atoms with E-state index in [1.807, 2.05) is 6.26 Å². The van der Waals surface area contributed by atoms with Crippen molar-refractivity contribution in [3.8, 4) is 0 Å². The maximum Gasteiger partial charge on any atom is 0.326 e. The zero-order chi connectivity index (χ0) is 14.3. The minimum atomic E-state index is -1.02. The Kier molecular flexibility index (Phi) is 6.14. The highest BCUT2D eigenvalue weighted by atomic mass is 32.2. The molecule has 2 N–H and O–H groups in total. The van der Waals surface area contributed by atoms with Crippen LogP contribution in [0.25, 0.3) is 6.08 Å². The van der Waals surface area contributed by atoms with Gasteiger partial charge in [0.2, 0.25) is 5.91 Å². The van der Waals surface area contributed by atoms with E-state index in [9.17, 15) is 9.59 Å². The number of hydrogen-bond donors (Lipinski definition) is 2. The number of thioether (sulfide) groups is 1. The Morgan fingerprint density at radius 1 is 1.63 bits per heavy atom. The van der Waals surface area contributed by atoms with Gasteiger partial charge in [-0.3, -0.25) is 9.48 Å². The third-order valence-corrected chi connectivity index (χ3v) is 3.02. The Balaban J connectivity index is 2.52. The van der Waals surface area contributed by atoms with Crippen molar-refractivity contribution < 1.29 is 14.7 Å². The number of hydrogen-bond acceptors (Lipinski definition) is 4. The SMILES string of the molecule is CSCC[C@H](NC(=O)/C=C/c1cnn(C)c1)C(=O)O. The minimum Gasteiger partial charge on any atom is -0.480 e. The molecule has 0 saturated carbocycles. The van der Waals surface area contributed by atoms with Crippen LogP contribution in [0.5, 0.6) is 0 Å². The molecule has 0 saturated heterocycles. The van der Waals surface area contributed by atoms with Gasteiger partial charge >= 0.3 is 5.97 Å². The van der Waals surface area contributed by atoms with Crippen LogP contribution in [0.2, 0.25) is 0 Å². The molecule has 1 amide bonds. The lowest BCUT2D eigenvalue weighted by atomic mass is 10.2. The van der Waals surface area contributed by atoms with Gasteiger partial charge in [0.15, 0.2) is 0 Å². The molecular weight excluding hydrogens is 266 g/mol. The van der Waals surface area contributed by atoms with Gasteiger partial charge in [0.25, 0.3) is 0 Å². The van der Waals surface area contributed by atoms with Gasteiger partial charge < -0.3 is 10.4 Å². The predicted molar refractivity (Wildman–Crippen MR) is 74.8 cm³/mol. The summed E-state index contributed by atoms with van der Waals surface area (Å²) in [5, 5.41) is 15.4. The number of carboxylic acid groups (broad SMARTS) is 1. The van der Waals surface area contributed by atoms with Crippen molar-refractivity contribution in [1.82, 2.24) is 15.1 Å². The molecule has 1 rings (SSSR count). The summed E-state index contributed by atoms with van der Waals surface area (Å²) in [4.78, 5) is 22.6. The van der Waals surface area contributed by atoms with Crippen LogP contribution in [0, 0.1) is 0 Å². The third-order valence-electron chi connectivity index (χ3n) is 2.38.